The quantitative estimate of drug-likeness (QED) is 0.674. The van der Waals surface area contributed by atoms with Gasteiger partial charge in [0.15, 0.2) is 28.8 Å². The Balaban J connectivity index is 1.63. The highest BCUT2D eigenvalue weighted by Gasteiger charge is 2.19. The lowest BCUT2D eigenvalue weighted by molar-refractivity contribution is 0.0770. The minimum atomic E-state index is -0.824. The van der Waals surface area contributed by atoms with Gasteiger partial charge in [-0.05, 0) is 12.1 Å². The van der Waals surface area contributed by atoms with Crippen LogP contribution in [0.2, 0.25) is 0 Å². The molecule has 26 heavy (non-hydrogen) atoms. The van der Waals surface area contributed by atoms with Crippen LogP contribution in [0.5, 0.6) is 5.75 Å². The van der Waals surface area contributed by atoms with Crippen LogP contribution >= 0.6 is 0 Å². The van der Waals surface area contributed by atoms with Crippen molar-refractivity contribution in [1.29, 1.82) is 0 Å². The lowest BCUT2D eigenvalue weighted by atomic mass is 10.3. The average molecular weight is 362 g/mol. The van der Waals surface area contributed by atoms with Crippen molar-refractivity contribution >= 4 is 5.91 Å². The molecule has 7 nitrogen and oxygen atoms in total. The zero-order chi connectivity index (χ0) is 18.7. The van der Waals surface area contributed by atoms with Crippen molar-refractivity contribution in [1.82, 2.24) is 19.6 Å². The Morgan fingerprint density at radius 1 is 1.35 bits per heavy atom. The normalized spacial score (nSPS) is 10.8. The summed E-state index contributed by atoms with van der Waals surface area (Å²) in [5.74, 6) is -1.65. The number of nitrogens with zero attached hydrogens (tertiary/aromatic N) is 4. The van der Waals surface area contributed by atoms with Gasteiger partial charge in [-0.3, -0.25) is 4.79 Å². The number of hydrogen-bond acceptors (Lipinski definition) is 5. The van der Waals surface area contributed by atoms with E-state index < -0.39 is 17.4 Å². The monoisotopic (exact) mass is 362 g/mol. The number of ether oxygens (including phenoxy) is 1. The predicted octanol–water partition coefficient (Wildman–Crippen LogP) is 2.54. The van der Waals surface area contributed by atoms with Crippen LogP contribution in [-0.2, 0) is 20.2 Å². The second-order valence-corrected chi connectivity index (χ2v) is 5.63. The number of imidazole rings is 1. The SMILES string of the molecule is CN(Cc1nccn1C)C(=O)c1cc(COc2c(F)cccc2F)on1. The van der Waals surface area contributed by atoms with Crippen LogP contribution in [0, 0.1) is 11.6 Å². The van der Waals surface area contributed by atoms with Crippen LogP contribution in [0.15, 0.2) is 41.2 Å². The number of carbonyl (C=O) groups excluding carboxylic acids is 1. The first-order chi connectivity index (χ1) is 12.5. The molecule has 1 aromatic carbocycles. The Kier molecular flexibility index (Phi) is 4.97. The molecule has 0 fully saturated rings. The van der Waals surface area contributed by atoms with Gasteiger partial charge in [-0.25, -0.2) is 13.8 Å². The molecule has 2 aromatic heterocycles. The second kappa shape index (κ2) is 7.34. The maximum atomic E-state index is 13.5. The molecule has 9 heteroatoms. The molecule has 1 amide bonds. The zero-order valence-corrected chi connectivity index (χ0v) is 14.1. The van der Waals surface area contributed by atoms with Crippen LogP contribution < -0.4 is 4.74 Å². The summed E-state index contributed by atoms with van der Waals surface area (Å²) >= 11 is 0. The molecule has 0 saturated heterocycles. The summed E-state index contributed by atoms with van der Waals surface area (Å²) in [5, 5.41) is 3.69. The Morgan fingerprint density at radius 2 is 2.08 bits per heavy atom. The molecule has 0 saturated carbocycles. The van der Waals surface area contributed by atoms with E-state index in [9.17, 15) is 13.6 Å². The van der Waals surface area contributed by atoms with Gasteiger partial charge in [0.05, 0.1) is 6.54 Å². The summed E-state index contributed by atoms with van der Waals surface area (Å²) in [5.41, 5.74) is 0.0642. The third-order valence-corrected chi connectivity index (χ3v) is 3.70. The number of carbonyl (C=O) groups is 1. The number of rotatable bonds is 6. The molecule has 0 radical (unpaired) electrons. The van der Waals surface area contributed by atoms with Gasteiger partial charge in [0.25, 0.3) is 5.91 Å². The number of aryl methyl sites for hydroxylation is 1. The Bertz CT molecular complexity index is 902. The molecule has 0 aliphatic rings. The maximum absolute atomic E-state index is 13.5. The van der Waals surface area contributed by atoms with Gasteiger partial charge >= 0.3 is 0 Å². The average Bonchev–Trinajstić information content (AvgIpc) is 3.23. The highest BCUT2D eigenvalue weighted by Crippen LogP contribution is 2.22. The minimum absolute atomic E-state index is 0.0642. The van der Waals surface area contributed by atoms with E-state index in [1.165, 1.54) is 17.0 Å². The largest absolute Gasteiger partial charge is 0.479 e. The zero-order valence-electron chi connectivity index (χ0n) is 14.1. The fourth-order valence-corrected chi connectivity index (χ4v) is 2.27. The predicted molar refractivity (Wildman–Crippen MR) is 86.2 cm³/mol. The van der Waals surface area contributed by atoms with Crippen molar-refractivity contribution in [2.75, 3.05) is 7.05 Å². The molecule has 0 aliphatic carbocycles. The standard InChI is InChI=1S/C17H16F2N4O3/c1-22-7-6-20-15(22)9-23(2)17(24)14-8-11(26-21-14)10-25-16-12(18)4-3-5-13(16)19/h3-8H,9-10H2,1-2H3. The Labute approximate surface area is 147 Å². The topological polar surface area (TPSA) is 73.4 Å². The van der Waals surface area contributed by atoms with Gasteiger partial charge in [-0.15, -0.1) is 0 Å². The van der Waals surface area contributed by atoms with Gasteiger partial charge < -0.3 is 18.7 Å². The first kappa shape index (κ1) is 17.6. The van der Waals surface area contributed by atoms with Gasteiger partial charge in [-0.1, -0.05) is 11.2 Å². The molecule has 3 aromatic rings. The number of hydrogen-bond donors (Lipinski definition) is 0. The van der Waals surface area contributed by atoms with E-state index in [0.717, 1.165) is 12.1 Å². The van der Waals surface area contributed by atoms with E-state index in [0.29, 0.717) is 12.4 Å². The first-order valence-corrected chi connectivity index (χ1v) is 7.69. The fraction of sp³-hybridized carbons (Fsp3) is 0.235. The summed E-state index contributed by atoms with van der Waals surface area (Å²) in [6.45, 7) is 0.0304. The van der Waals surface area contributed by atoms with E-state index in [1.54, 1.807) is 24.0 Å². The molecule has 0 N–H and O–H groups in total. The Hall–Kier alpha value is -3.23. The van der Waals surface area contributed by atoms with Gasteiger partial charge in [0.1, 0.15) is 12.4 Å². The van der Waals surface area contributed by atoms with Crippen LogP contribution in [-0.4, -0.2) is 32.6 Å². The lowest BCUT2D eigenvalue weighted by Crippen LogP contribution is -2.27. The number of amides is 1. The van der Waals surface area contributed by atoms with Crippen LogP contribution in [0.4, 0.5) is 8.78 Å². The lowest BCUT2D eigenvalue weighted by Gasteiger charge is -2.14. The van der Waals surface area contributed by atoms with Crippen LogP contribution in [0.1, 0.15) is 22.1 Å². The van der Waals surface area contributed by atoms with Crippen molar-refractivity contribution in [2.24, 2.45) is 7.05 Å². The van der Waals surface area contributed by atoms with Gasteiger partial charge in [-0.2, -0.15) is 0 Å². The third-order valence-electron chi connectivity index (χ3n) is 3.70. The molecule has 0 bridgehead atoms. The molecular weight excluding hydrogens is 346 g/mol. The highest BCUT2D eigenvalue weighted by molar-refractivity contribution is 5.91. The maximum Gasteiger partial charge on any atom is 0.276 e. The van der Waals surface area contributed by atoms with E-state index in [2.05, 4.69) is 10.1 Å². The number of benzene rings is 1. The van der Waals surface area contributed by atoms with E-state index in [4.69, 9.17) is 9.26 Å². The molecule has 0 spiro atoms. The molecule has 0 atom stereocenters. The first-order valence-electron chi connectivity index (χ1n) is 7.69. The van der Waals surface area contributed by atoms with Gasteiger partial charge in [0, 0.05) is 32.6 Å². The van der Waals surface area contributed by atoms with E-state index in [1.807, 2.05) is 7.05 Å². The second-order valence-electron chi connectivity index (χ2n) is 5.63. The van der Waals surface area contributed by atoms with E-state index >= 15 is 0 Å². The van der Waals surface area contributed by atoms with Crippen molar-refractivity contribution in [3.8, 4) is 5.75 Å². The summed E-state index contributed by atoms with van der Waals surface area (Å²) in [6.07, 6.45) is 3.42. The van der Waals surface area contributed by atoms with Crippen LogP contribution in [0.25, 0.3) is 0 Å². The van der Waals surface area contributed by atoms with Crippen molar-refractivity contribution in [2.45, 2.75) is 13.2 Å². The number of halogens is 2. The molecule has 3 rings (SSSR count). The van der Waals surface area contributed by atoms with Crippen molar-refractivity contribution in [3.63, 3.8) is 0 Å². The van der Waals surface area contributed by atoms with Gasteiger partial charge in [0.2, 0.25) is 0 Å². The number of para-hydroxylation sites is 1. The summed E-state index contributed by atoms with van der Waals surface area (Å²) in [7, 11) is 3.44. The minimum Gasteiger partial charge on any atom is -0.479 e. The van der Waals surface area contributed by atoms with E-state index in [-0.39, 0.29) is 24.0 Å². The summed E-state index contributed by atoms with van der Waals surface area (Å²) in [4.78, 5) is 18.0. The van der Waals surface area contributed by atoms with Crippen LogP contribution in [0.3, 0.4) is 0 Å². The smallest absolute Gasteiger partial charge is 0.276 e. The molecule has 136 valence electrons. The third kappa shape index (κ3) is 3.71. The molecule has 2 heterocycles. The van der Waals surface area contributed by atoms with Crippen molar-refractivity contribution in [3.05, 3.63) is 65.6 Å². The fourth-order valence-electron chi connectivity index (χ4n) is 2.27. The molecule has 0 aliphatic heterocycles. The highest BCUT2D eigenvalue weighted by atomic mass is 19.1. The number of aromatic nitrogens is 3. The molecule has 0 unspecified atom stereocenters. The summed E-state index contributed by atoms with van der Waals surface area (Å²) < 4.78 is 38.9. The summed E-state index contributed by atoms with van der Waals surface area (Å²) in [6, 6.07) is 4.77. The van der Waals surface area contributed by atoms with Crippen molar-refractivity contribution < 1.29 is 22.8 Å². The molecular formula is C17H16F2N4O3. The Morgan fingerprint density at radius 3 is 2.73 bits per heavy atom.